The van der Waals surface area contributed by atoms with Crippen LogP contribution in [0.15, 0.2) is 0 Å². The van der Waals surface area contributed by atoms with Crippen molar-refractivity contribution in [3.05, 3.63) is 0 Å². The number of unbranched alkanes of at least 4 members (excludes halogenated alkanes) is 4. The maximum absolute atomic E-state index is 10.2. The van der Waals surface area contributed by atoms with Gasteiger partial charge in [0.2, 0.25) is 0 Å². The molecule has 0 aliphatic heterocycles. The standard InChI is InChI=1S/C14H29.C4H6O7S.Na/c1-4-7-8-9-10-13-14(11-5-2)12-6-3;5-3(6)1-2(4(7)8)12(9,10)11;/h4-13H2,1-3H3;2H,1H2,(H,5,6)(H,7,8)(H,9,10,11);. The molecule has 0 bridgehead atoms. The van der Waals surface area contributed by atoms with Crippen molar-refractivity contribution in [2.45, 2.75) is 99.3 Å². The fourth-order valence-electron chi connectivity index (χ4n) is 3.22. The normalized spacial score (nSPS) is 12.8. The monoisotopic (exact) mass is 418 g/mol. The molecule has 0 fully saturated rings. The quantitative estimate of drug-likeness (QED) is 0.220. The molecule has 0 amide bonds. The number of hydrogen-bond donors (Lipinski definition) is 3. The van der Waals surface area contributed by atoms with Gasteiger partial charge in [-0.1, -0.05) is 0 Å². The molecule has 0 spiro atoms. The zero-order chi connectivity index (χ0) is 21.5. The van der Waals surface area contributed by atoms with E-state index in [1.165, 1.54) is 92.1 Å². The predicted octanol–water partition coefficient (Wildman–Crippen LogP) is 4.08. The van der Waals surface area contributed by atoms with Crippen molar-refractivity contribution in [2.24, 2.45) is 0 Å². The van der Waals surface area contributed by atoms with E-state index in [4.69, 9.17) is 14.8 Å². The first-order chi connectivity index (χ1) is 12.4. The molecule has 7 nitrogen and oxygen atoms in total. The van der Waals surface area contributed by atoms with E-state index < -0.39 is 33.7 Å². The van der Waals surface area contributed by atoms with Crippen molar-refractivity contribution in [1.29, 1.82) is 0 Å². The number of hydrogen-bond acceptors (Lipinski definition) is 4. The third kappa shape index (κ3) is 16.5. The largest absolute Gasteiger partial charge is 0.481 e. The molecule has 1 unspecified atom stereocenters. The molecule has 3 N–H and O–H groups in total. The van der Waals surface area contributed by atoms with E-state index in [1.807, 2.05) is 0 Å². The Labute approximate surface area is 181 Å². The number of carboxylic acid groups (broad SMARTS) is 2. The SMILES string of the molecule is CCCCCCC[C]([Na])(CCC)CCC.O=C(O)CC(C(=O)O)S(=O)(=O)O. The number of rotatable bonds is 14. The van der Waals surface area contributed by atoms with Gasteiger partial charge in [-0.15, -0.1) is 0 Å². The molecule has 9 heteroatoms. The summed E-state index contributed by atoms with van der Waals surface area (Å²) in [5.74, 6) is -3.50. The minimum atomic E-state index is -4.84. The minimum Gasteiger partial charge on any atom is -0.481 e. The summed E-state index contributed by atoms with van der Waals surface area (Å²) in [4.78, 5) is 20.0. The summed E-state index contributed by atoms with van der Waals surface area (Å²) in [5, 5.41) is 13.9. The van der Waals surface area contributed by atoms with Gasteiger partial charge in [-0.3, -0.25) is 14.1 Å². The topological polar surface area (TPSA) is 129 Å². The van der Waals surface area contributed by atoms with E-state index in [9.17, 15) is 18.0 Å². The Morgan fingerprint density at radius 3 is 1.67 bits per heavy atom. The van der Waals surface area contributed by atoms with Crippen LogP contribution in [0.1, 0.15) is 91.4 Å². The van der Waals surface area contributed by atoms with Crippen molar-refractivity contribution < 1.29 is 32.8 Å². The molecule has 0 aromatic rings. The number of aliphatic carboxylic acids is 2. The summed E-state index contributed by atoms with van der Waals surface area (Å²) < 4.78 is 29.5. The van der Waals surface area contributed by atoms with Crippen LogP contribution in [-0.4, -0.2) is 68.3 Å². The zero-order valence-corrected chi connectivity index (χ0v) is 20.1. The van der Waals surface area contributed by atoms with E-state index in [-0.39, 0.29) is 0 Å². The molecule has 27 heavy (non-hydrogen) atoms. The summed E-state index contributed by atoms with van der Waals surface area (Å²) in [7, 11) is -4.84. The molecule has 0 saturated carbocycles. The van der Waals surface area contributed by atoms with Gasteiger partial charge in [0.05, 0.1) is 6.42 Å². The van der Waals surface area contributed by atoms with Gasteiger partial charge < -0.3 is 10.2 Å². The molecule has 0 aliphatic carbocycles. The molecule has 0 aliphatic rings. The summed E-state index contributed by atoms with van der Waals surface area (Å²) in [6.07, 6.45) is 13.4. The van der Waals surface area contributed by atoms with Crippen LogP contribution in [0.3, 0.4) is 0 Å². The van der Waals surface area contributed by atoms with E-state index in [0.29, 0.717) is 0 Å². The molecule has 0 rings (SSSR count). The summed E-state index contributed by atoms with van der Waals surface area (Å²) in [5.41, 5.74) is 0. The van der Waals surface area contributed by atoms with Gasteiger partial charge in [0.25, 0.3) is 10.1 Å². The first kappa shape index (κ1) is 29.1. The smallest absolute Gasteiger partial charge is 0.325 e. The third-order valence-electron chi connectivity index (χ3n) is 4.59. The van der Waals surface area contributed by atoms with Crippen molar-refractivity contribution in [2.75, 3.05) is 0 Å². The van der Waals surface area contributed by atoms with Crippen LogP contribution in [0.2, 0.25) is 2.66 Å². The van der Waals surface area contributed by atoms with Crippen molar-refractivity contribution >= 4 is 50.0 Å². The predicted molar refractivity (Wildman–Crippen MR) is 107 cm³/mol. The number of carbonyl (C=O) groups is 2. The molecule has 1 atom stereocenters. The summed E-state index contributed by atoms with van der Waals surface area (Å²) >= 11 is 1.41. The van der Waals surface area contributed by atoms with Gasteiger partial charge in [-0.25, -0.2) is 0 Å². The second kappa shape index (κ2) is 15.7. The van der Waals surface area contributed by atoms with E-state index in [0.717, 1.165) is 2.66 Å². The summed E-state index contributed by atoms with van der Waals surface area (Å²) in [6, 6.07) is 0. The van der Waals surface area contributed by atoms with Gasteiger partial charge in [0.1, 0.15) is 0 Å². The van der Waals surface area contributed by atoms with E-state index >= 15 is 0 Å². The van der Waals surface area contributed by atoms with Gasteiger partial charge in [-0.05, 0) is 0 Å². The van der Waals surface area contributed by atoms with Gasteiger partial charge in [0, 0.05) is 0 Å². The van der Waals surface area contributed by atoms with Crippen molar-refractivity contribution in [1.82, 2.24) is 0 Å². The van der Waals surface area contributed by atoms with Crippen LogP contribution in [0.4, 0.5) is 0 Å². The van der Waals surface area contributed by atoms with Crippen LogP contribution in [0, 0.1) is 0 Å². The van der Waals surface area contributed by atoms with E-state index in [2.05, 4.69) is 20.8 Å². The first-order valence-electron chi connectivity index (χ1n) is 9.84. The average Bonchev–Trinajstić information content (AvgIpc) is 2.52. The van der Waals surface area contributed by atoms with Crippen LogP contribution in [0.5, 0.6) is 0 Å². The van der Waals surface area contributed by atoms with Gasteiger partial charge in [0.15, 0.2) is 5.25 Å². The summed E-state index contributed by atoms with van der Waals surface area (Å²) in [6.45, 7) is 6.99. The molecule has 0 heterocycles. The van der Waals surface area contributed by atoms with Crippen LogP contribution in [-0.2, 0) is 19.7 Å². The van der Waals surface area contributed by atoms with Gasteiger partial charge >= 0.3 is 128 Å². The second-order valence-corrected chi connectivity index (χ2v) is 11.1. The zero-order valence-electron chi connectivity index (χ0n) is 17.2. The Morgan fingerprint density at radius 2 is 1.37 bits per heavy atom. The molecular weight excluding hydrogens is 383 g/mol. The molecule has 0 radical (unpaired) electrons. The molecule has 0 aromatic heterocycles. The van der Waals surface area contributed by atoms with Crippen LogP contribution in [0.25, 0.3) is 0 Å². The minimum absolute atomic E-state index is 0.787. The van der Waals surface area contributed by atoms with Crippen LogP contribution >= 0.6 is 0 Å². The number of carboxylic acids is 2. The second-order valence-electron chi connectivity index (χ2n) is 7.41. The van der Waals surface area contributed by atoms with Gasteiger partial charge in [-0.2, -0.15) is 8.42 Å². The molecule has 156 valence electrons. The van der Waals surface area contributed by atoms with Crippen molar-refractivity contribution in [3.63, 3.8) is 0 Å². The fourth-order valence-corrected chi connectivity index (χ4v) is 5.18. The molecule has 0 aromatic carbocycles. The van der Waals surface area contributed by atoms with E-state index in [1.54, 1.807) is 0 Å². The molecule has 0 saturated heterocycles. The maximum atomic E-state index is 10.2. The average molecular weight is 419 g/mol. The first-order valence-corrected chi connectivity index (χ1v) is 12.3. The maximum Gasteiger partial charge on any atom is 0.325 e. The Hall–Kier alpha value is -0.150. The third-order valence-corrected chi connectivity index (χ3v) is 7.17. The Bertz CT molecular complexity index is 514. The molecular formula is C18H35NaO7S. The Balaban J connectivity index is 0. The Morgan fingerprint density at radius 1 is 0.889 bits per heavy atom. The van der Waals surface area contributed by atoms with Crippen LogP contribution < -0.4 is 0 Å². The Kier molecular flexibility index (Phi) is 16.9. The van der Waals surface area contributed by atoms with Crippen molar-refractivity contribution in [3.8, 4) is 0 Å². The fraction of sp³-hybridized carbons (Fsp3) is 0.889.